The van der Waals surface area contributed by atoms with Crippen LogP contribution in [0.25, 0.3) is 10.8 Å². The number of carbonyl (C=O) groups excluding carboxylic acids is 1. The van der Waals surface area contributed by atoms with Crippen LogP contribution in [0.15, 0.2) is 59.5 Å². The van der Waals surface area contributed by atoms with Gasteiger partial charge in [0.15, 0.2) is 5.78 Å². The highest BCUT2D eigenvalue weighted by atomic mass is 16.5. The molecule has 0 unspecified atom stereocenters. The summed E-state index contributed by atoms with van der Waals surface area (Å²) in [4.78, 5) is 23.9. The van der Waals surface area contributed by atoms with E-state index in [4.69, 9.17) is 4.74 Å². The van der Waals surface area contributed by atoms with Gasteiger partial charge in [0.2, 0.25) is 0 Å². The fraction of sp³-hybridized carbons (Fsp3) is 0.167. The summed E-state index contributed by atoms with van der Waals surface area (Å²) in [6.45, 7) is 2.07. The van der Waals surface area contributed by atoms with Crippen molar-refractivity contribution in [2.24, 2.45) is 0 Å². The van der Waals surface area contributed by atoms with Crippen molar-refractivity contribution in [3.05, 3.63) is 70.6 Å². The highest BCUT2D eigenvalue weighted by Gasteiger charge is 2.08. The van der Waals surface area contributed by atoms with Crippen molar-refractivity contribution >= 4 is 16.6 Å². The van der Waals surface area contributed by atoms with Gasteiger partial charge in [-0.15, -0.1) is 0 Å². The van der Waals surface area contributed by atoms with Gasteiger partial charge in [-0.3, -0.25) is 9.59 Å². The Bertz CT molecular complexity index is 915. The molecule has 0 aliphatic rings. The maximum absolute atomic E-state index is 12.3. The van der Waals surface area contributed by atoms with E-state index in [1.807, 2.05) is 24.3 Å². The molecule has 0 bridgehead atoms. The normalized spacial score (nSPS) is 10.7. The molecule has 0 N–H and O–H groups in total. The molecule has 5 heteroatoms. The van der Waals surface area contributed by atoms with Crippen LogP contribution in [-0.4, -0.2) is 22.2 Å². The largest absolute Gasteiger partial charge is 0.491 e. The molecule has 0 aliphatic carbocycles. The number of aromatic nitrogens is 2. The summed E-state index contributed by atoms with van der Waals surface area (Å²) in [7, 11) is 0. The monoisotopic (exact) mass is 308 g/mol. The highest BCUT2D eigenvalue weighted by molar-refractivity contribution is 5.96. The van der Waals surface area contributed by atoms with Crippen LogP contribution in [0.2, 0.25) is 0 Å². The number of ether oxygens (including phenoxy) is 1. The number of hydrogen-bond donors (Lipinski definition) is 0. The highest BCUT2D eigenvalue weighted by Crippen LogP contribution is 2.18. The topological polar surface area (TPSA) is 61.2 Å². The van der Waals surface area contributed by atoms with E-state index < -0.39 is 0 Å². The summed E-state index contributed by atoms with van der Waals surface area (Å²) in [5, 5.41) is 5.60. The van der Waals surface area contributed by atoms with E-state index in [-0.39, 0.29) is 17.9 Å². The summed E-state index contributed by atoms with van der Waals surface area (Å²) in [5.41, 5.74) is 0.387. The lowest BCUT2D eigenvalue weighted by molar-refractivity contribution is 0.101. The van der Waals surface area contributed by atoms with E-state index in [1.165, 1.54) is 11.6 Å². The van der Waals surface area contributed by atoms with Gasteiger partial charge in [-0.05, 0) is 25.1 Å². The Morgan fingerprint density at radius 1 is 1.13 bits per heavy atom. The first-order valence-corrected chi connectivity index (χ1v) is 7.34. The SMILES string of the molecule is CC(=O)c1ccccc1OCCn1ncc2ccccc2c1=O. The molecule has 0 amide bonds. The molecule has 3 aromatic rings. The molecule has 1 aromatic heterocycles. The minimum absolute atomic E-state index is 0.0541. The number of Topliss-reactive ketones (excluding diaryl/α,β-unsaturated/α-hetero) is 1. The van der Waals surface area contributed by atoms with Gasteiger partial charge in [0.25, 0.3) is 5.56 Å². The lowest BCUT2D eigenvalue weighted by Crippen LogP contribution is -2.25. The smallest absolute Gasteiger partial charge is 0.274 e. The van der Waals surface area contributed by atoms with Crippen molar-refractivity contribution in [1.82, 2.24) is 9.78 Å². The maximum atomic E-state index is 12.3. The number of hydrogen-bond acceptors (Lipinski definition) is 4. The summed E-state index contributed by atoms with van der Waals surface area (Å²) in [5.74, 6) is 0.468. The predicted molar refractivity (Wildman–Crippen MR) is 87.9 cm³/mol. The van der Waals surface area contributed by atoms with Crippen LogP contribution in [0.5, 0.6) is 5.75 Å². The predicted octanol–water partition coefficient (Wildman–Crippen LogP) is 2.68. The summed E-state index contributed by atoms with van der Waals surface area (Å²) < 4.78 is 7.02. The molecule has 0 fully saturated rings. The zero-order valence-corrected chi connectivity index (χ0v) is 12.7. The average molecular weight is 308 g/mol. The second-order valence-electron chi connectivity index (χ2n) is 5.16. The number of benzene rings is 2. The zero-order valence-electron chi connectivity index (χ0n) is 12.7. The molecule has 5 nitrogen and oxygen atoms in total. The van der Waals surface area contributed by atoms with E-state index in [0.717, 1.165) is 5.39 Å². The van der Waals surface area contributed by atoms with Gasteiger partial charge in [0.05, 0.1) is 23.7 Å². The van der Waals surface area contributed by atoms with E-state index in [9.17, 15) is 9.59 Å². The zero-order chi connectivity index (χ0) is 16.2. The van der Waals surface area contributed by atoms with E-state index in [0.29, 0.717) is 23.2 Å². The van der Waals surface area contributed by atoms with Crippen LogP contribution in [0.4, 0.5) is 0 Å². The van der Waals surface area contributed by atoms with Gasteiger partial charge in [-0.1, -0.05) is 30.3 Å². The number of fused-ring (bicyclic) bond motifs is 1. The standard InChI is InChI=1S/C18H16N2O3/c1-13(21)15-7-4-5-9-17(15)23-11-10-20-18(22)16-8-3-2-6-14(16)12-19-20/h2-9,12H,10-11H2,1H3. The molecule has 3 rings (SSSR count). The van der Waals surface area contributed by atoms with Gasteiger partial charge in [0, 0.05) is 5.39 Å². The lowest BCUT2D eigenvalue weighted by atomic mass is 10.1. The fourth-order valence-electron chi connectivity index (χ4n) is 2.41. The van der Waals surface area contributed by atoms with Crippen LogP contribution in [0.3, 0.4) is 0 Å². The Hall–Kier alpha value is -2.95. The third-order valence-corrected chi connectivity index (χ3v) is 3.59. The van der Waals surface area contributed by atoms with Crippen molar-refractivity contribution < 1.29 is 9.53 Å². The van der Waals surface area contributed by atoms with Crippen LogP contribution < -0.4 is 10.3 Å². The lowest BCUT2D eigenvalue weighted by Gasteiger charge is -2.10. The number of carbonyl (C=O) groups is 1. The Morgan fingerprint density at radius 2 is 1.87 bits per heavy atom. The number of ketones is 1. The molecular weight excluding hydrogens is 292 g/mol. The van der Waals surface area contributed by atoms with Crippen molar-refractivity contribution in [3.8, 4) is 5.75 Å². The van der Waals surface area contributed by atoms with Crippen LogP contribution >= 0.6 is 0 Å². The molecule has 1 heterocycles. The molecule has 0 radical (unpaired) electrons. The second-order valence-corrected chi connectivity index (χ2v) is 5.16. The van der Waals surface area contributed by atoms with Gasteiger partial charge in [-0.25, -0.2) is 4.68 Å². The maximum Gasteiger partial charge on any atom is 0.274 e. The van der Waals surface area contributed by atoms with E-state index in [1.54, 1.807) is 30.5 Å². The number of nitrogens with zero attached hydrogens (tertiary/aromatic N) is 2. The molecule has 0 atom stereocenters. The molecule has 0 aliphatic heterocycles. The van der Waals surface area contributed by atoms with Crippen molar-refractivity contribution in [3.63, 3.8) is 0 Å². The van der Waals surface area contributed by atoms with Gasteiger partial charge in [0.1, 0.15) is 12.4 Å². The summed E-state index contributed by atoms with van der Waals surface area (Å²) >= 11 is 0. The first-order chi connectivity index (χ1) is 11.2. The molecule has 0 saturated heterocycles. The second kappa shape index (κ2) is 6.44. The Morgan fingerprint density at radius 3 is 2.70 bits per heavy atom. The summed E-state index contributed by atoms with van der Waals surface area (Å²) in [6.07, 6.45) is 1.67. The quantitative estimate of drug-likeness (QED) is 0.680. The van der Waals surface area contributed by atoms with E-state index >= 15 is 0 Å². The minimum Gasteiger partial charge on any atom is -0.491 e. The average Bonchev–Trinajstić information content (AvgIpc) is 2.57. The molecule has 2 aromatic carbocycles. The van der Waals surface area contributed by atoms with Crippen molar-refractivity contribution in [1.29, 1.82) is 0 Å². The minimum atomic E-state index is -0.147. The summed E-state index contributed by atoms with van der Waals surface area (Å²) in [6, 6.07) is 14.4. The Labute approximate surface area is 133 Å². The molecule has 23 heavy (non-hydrogen) atoms. The fourth-order valence-corrected chi connectivity index (χ4v) is 2.41. The van der Waals surface area contributed by atoms with Crippen LogP contribution in [0, 0.1) is 0 Å². The first-order valence-electron chi connectivity index (χ1n) is 7.34. The van der Waals surface area contributed by atoms with Gasteiger partial charge < -0.3 is 4.74 Å². The third-order valence-electron chi connectivity index (χ3n) is 3.59. The van der Waals surface area contributed by atoms with E-state index in [2.05, 4.69) is 5.10 Å². The van der Waals surface area contributed by atoms with Crippen LogP contribution in [-0.2, 0) is 6.54 Å². The Balaban J connectivity index is 1.76. The molecular formula is C18H16N2O3. The Kier molecular flexibility index (Phi) is 4.19. The molecule has 116 valence electrons. The number of para-hydroxylation sites is 1. The van der Waals surface area contributed by atoms with Crippen LogP contribution in [0.1, 0.15) is 17.3 Å². The molecule has 0 spiro atoms. The number of rotatable bonds is 5. The third kappa shape index (κ3) is 3.13. The van der Waals surface area contributed by atoms with Crippen molar-refractivity contribution in [2.45, 2.75) is 13.5 Å². The molecule has 0 saturated carbocycles. The first kappa shape index (κ1) is 15.0. The van der Waals surface area contributed by atoms with Gasteiger partial charge >= 0.3 is 0 Å². The van der Waals surface area contributed by atoms with Gasteiger partial charge in [-0.2, -0.15) is 5.10 Å². The van der Waals surface area contributed by atoms with Crippen molar-refractivity contribution in [2.75, 3.05) is 6.61 Å².